The quantitative estimate of drug-likeness (QED) is 0.189. The zero-order chi connectivity index (χ0) is 29.1. The lowest BCUT2D eigenvalue weighted by atomic mass is 10.1. The summed E-state index contributed by atoms with van der Waals surface area (Å²) in [5, 5.41) is 5.60. The molecule has 5 N–H and O–H groups in total. The summed E-state index contributed by atoms with van der Waals surface area (Å²) >= 11 is 0. The Hall–Kier alpha value is -4.42. The Labute approximate surface area is 233 Å². The van der Waals surface area contributed by atoms with Crippen LogP contribution in [0.1, 0.15) is 16.7 Å². The number of hydrogen-bond donors (Lipinski definition) is 4. The molecule has 12 heteroatoms. The zero-order valence-corrected chi connectivity index (χ0v) is 23.3. The minimum Gasteiger partial charge on any atom is -0.493 e. The van der Waals surface area contributed by atoms with Crippen molar-refractivity contribution < 1.29 is 27.5 Å². The molecule has 0 fully saturated rings. The van der Waals surface area contributed by atoms with Crippen LogP contribution < -0.4 is 30.6 Å². The molecule has 0 bridgehead atoms. The summed E-state index contributed by atoms with van der Waals surface area (Å²) < 4.78 is 37.5. The number of nitrogens with two attached hydrogens (primary N) is 1. The second-order valence-corrected chi connectivity index (χ2v) is 10.5. The molecule has 212 valence electrons. The number of ether oxygens (including phenoxy) is 2. The summed E-state index contributed by atoms with van der Waals surface area (Å²) in [6.07, 6.45) is 0.193. The molecule has 0 saturated heterocycles. The van der Waals surface area contributed by atoms with Gasteiger partial charge in [-0.25, -0.2) is 13.1 Å². The van der Waals surface area contributed by atoms with E-state index in [4.69, 9.17) is 15.2 Å². The summed E-state index contributed by atoms with van der Waals surface area (Å²) in [7, 11) is 0.616. The van der Waals surface area contributed by atoms with Gasteiger partial charge in [0.15, 0.2) is 17.5 Å². The largest absolute Gasteiger partial charge is 0.493 e. The Morgan fingerprint density at radius 3 is 2.27 bits per heavy atom. The second-order valence-electron chi connectivity index (χ2n) is 8.68. The molecule has 0 heterocycles. The van der Waals surface area contributed by atoms with Gasteiger partial charge in [-0.3, -0.25) is 9.59 Å². The van der Waals surface area contributed by atoms with Crippen molar-refractivity contribution in [1.29, 1.82) is 0 Å². The average Bonchev–Trinajstić information content (AvgIpc) is 2.96. The van der Waals surface area contributed by atoms with Crippen LogP contribution in [0.5, 0.6) is 11.5 Å². The number of sulfonamides is 1. The molecule has 3 aromatic carbocycles. The van der Waals surface area contributed by atoms with Gasteiger partial charge in [-0.1, -0.05) is 54.6 Å². The van der Waals surface area contributed by atoms with E-state index in [2.05, 4.69) is 20.3 Å². The maximum atomic E-state index is 13.2. The van der Waals surface area contributed by atoms with Gasteiger partial charge in [-0.2, -0.15) is 4.99 Å². The van der Waals surface area contributed by atoms with Gasteiger partial charge in [0.2, 0.25) is 15.9 Å². The van der Waals surface area contributed by atoms with Crippen molar-refractivity contribution in [1.82, 2.24) is 15.4 Å². The van der Waals surface area contributed by atoms with Crippen molar-refractivity contribution in [2.24, 2.45) is 10.7 Å². The summed E-state index contributed by atoms with van der Waals surface area (Å²) in [6.45, 7) is -0.0435. The van der Waals surface area contributed by atoms with Crippen molar-refractivity contribution in [2.45, 2.75) is 30.3 Å². The van der Waals surface area contributed by atoms with E-state index in [1.165, 1.54) is 27.3 Å². The van der Waals surface area contributed by atoms with Crippen LogP contribution in [-0.2, 0) is 39.0 Å². The van der Waals surface area contributed by atoms with Crippen LogP contribution in [0.15, 0.2) is 82.7 Å². The van der Waals surface area contributed by atoms with E-state index >= 15 is 0 Å². The number of guanidine groups is 1. The highest BCUT2D eigenvalue weighted by atomic mass is 32.2. The van der Waals surface area contributed by atoms with E-state index in [9.17, 15) is 18.0 Å². The normalized spacial score (nSPS) is 12.3. The smallest absolute Gasteiger partial charge is 0.253 e. The predicted octanol–water partition coefficient (Wildman–Crippen LogP) is 1.51. The van der Waals surface area contributed by atoms with Gasteiger partial charge < -0.3 is 25.8 Å². The van der Waals surface area contributed by atoms with Crippen molar-refractivity contribution in [3.63, 3.8) is 0 Å². The van der Waals surface area contributed by atoms with Crippen LogP contribution in [0.25, 0.3) is 0 Å². The van der Waals surface area contributed by atoms with Crippen LogP contribution in [0, 0.1) is 0 Å². The number of nitrogens with zero attached hydrogens (tertiary/aromatic N) is 1. The van der Waals surface area contributed by atoms with Gasteiger partial charge in [-0.15, -0.1) is 0 Å². The Kier molecular flexibility index (Phi) is 10.6. The van der Waals surface area contributed by atoms with Crippen LogP contribution in [0.2, 0.25) is 0 Å². The lowest BCUT2D eigenvalue weighted by Gasteiger charge is -2.20. The molecule has 0 aliphatic carbocycles. The first kappa shape index (κ1) is 30.1. The number of rotatable bonds is 12. The highest BCUT2D eigenvalue weighted by molar-refractivity contribution is 7.89. The van der Waals surface area contributed by atoms with Crippen molar-refractivity contribution in [3.8, 4) is 11.5 Å². The van der Waals surface area contributed by atoms with E-state index in [0.717, 1.165) is 5.56 Å². The molecular formula is C28H33N5O6S. The van der Waals surface area contributed by atoms with E-state index < -0.39 is 27.9 Å². The highest BCUT2D eigenvalue weighted by Crippen LogP contribution is 2.27. The van der Waals surface area contributed by atoms with Crippen molar-refractivity contribution in [2.75, 3.05) is 21.3 Å². The Morgan fingerprint density at radius 1 is 0.925 bits per heavy atom. The average molecular weight is 568 g/mol. The predicted molar refractivity (Wildman–Crippen MR) is 151 cm³/mol. The minimum atomic E-state index is -3.72. The highest BCUT2D eigenvalue weighted by Gasteiger charge is 2.22. The van der Waals surface area contributed by atoms with Crippen LogP contribution >= 0.6 is 0 Å². The number of benzene rings is 3. The molecule has 11 nitrogen and oxygen atoms in total. The molecule has 0 radical (unpaired) electrons. The number of amides is 2. The van der Waals surface area contributed by atoms with Gasteiger partial charge in [0.1, 0.15) is 6.04 Å². The lowest BCUT2D eigenvalue weighted by Crippen LogP contribution is -2.50. The fourth-order valence-corrected chi connectivity index (χ4v) is 4.90. The van der Waals surface area contributed by atoms with Crippen LogP contribution in [0.4, 0.5) is 0 Å². The number of carbonyl (C=O) groups is 2. The maximum absolute atomic E-state index is 13.2. The summed E-state index contributed by atoms with van der Waals surface area (Å²) in [4.78, 5) is 29.8. The third kappa shape index (κ3) is 8.29. The Bertz CT molecular complexity index is 1460. The zero-order valence-electron chi connectivity index (χ0n) is 22.5. The van der Waals surface area contributed by atoms with Crippen molar-refractivity contribution in [3.05, 3.63) is 89.5 Å². The number of methoxy groups -OCH3 is 2. The molecule has 1 atom stereocenters. The standard InChI is InChI=1S/C28H33N5O6S/c1-30-40(36,37)25-12-8-7-11-21(25)18-31-27(35)22(15-19-9-5-4-6-10-19)32-28(29)33-26(34)17-20-13-14-23(38-2)24(16-20)39-3/h4-14,16,22,30H,15,17-18H2,1-3H3,(H,31,35)(H3,29,32,33,34). The summed E-state index contributed by atoms with van der Waals surface area (Å²) in [6, 6.07) is 19.8. The minimum absolute atomic E-state index is 0.0435. The van der Waals surface area contributed by atoms with E-state index in [1.807, 2.05) is 30.3 Å². The number of aliphatic imine (C=N–C) groups is 1. The van der Waals surface area contributed by atoms with E-state index in [1.54, 1.807) is 36.4 Å². The molecule has 0 aliphatic rings. The van der Waals surface area contributed by atoms with Gasteiger partial charge in [-0.05, 0) is 41.9 Å². The summed E-state index contributed by atoms with van der Waals surface area (Å²) in [5.41, 5.74) is 7.94. The first-order valence-corrected chi connectivity index (χ1v) is 13.8. The SMILES string of the molecule is CNS(=O)(=O)c1ccccc1CNC(=O)C(Cc1ccccc1)NC(N)=NC(=O)Cc1ccc(OC)c(OC)c1. The van der Waals surface area contributed by atoms with Crippen LogP contribution in [-0.4, -0.2) is 53.5 Å². The fraction of sp³-hybridized carbons (Fsp3) is 0.250. The van der Waals surface area contributed by atoms with Crippen molar-refractivity contribution >= 4 is 27.8 Å². The molecule has 40 heavy (non-hydrogen) atoms. The third-order valence-corrected chi connectivity index (χ3v) is 7.47. The molecule has 0 saturated carbocycles. The second kappa shape index (κ2) is 14.1. The molecule has 3 rings (SSSR count). The topological polar surface area (TPSA) is 161 Å². The monoisotopic (exact) mass is 567 g/mol. The Morgan fingerprint density at radius 2 is 1.60 bits per heavy atom. The number of hydrogen-bond acceptors (Lipinski definition) is 6. The van der Waals surface area contributed by atoms with Gasteiger partial charge in [0.05, 0.1) is 25.5 Å². The Balaban J connectivity index is 1.74. The first-order valence-electron chi connectivity index (χ1n) is 12.3. The first-order chi connectivity index (χ1) is 19.2. The van der Waals surface area contributed by atoms with Gasteiger partial charge in [0, 0.05) is 13.0 Å². The molecule has 1 unspecified atom stereocenters. The molecule has 2 amide bonds. The number of nitrogens with one attached hydrogen (secondary N) is 3. The lowest BCUT2D eigenvalue weighted by molar-refractivity contribution is -0.123. The third-order valence-electron chi connectivity index (χ3n) is 5.95. The van der Waals surface area contributed by atoms with Gasteiger partial charge >= 0.3 is 0 Å². The van der Waals surface area contributed by atoms with Crippen LogP contribution in [0.3, 0.4) is 0 Å². The molecule has 0 aromatic heterocycles. The van der Waals surface area contributed by atoms with E-state index in [-0.39, 0.29) is 30.2 Å². The fourth-order valence-electron chi connectivity index (χ4n) is 3.94. The molecule has 3 aromatic rings. The molecule has 0 spiro atoms. The maximum Gasteiger partial charge on any atom is 0.253 e. The summed E-state index contributed by atoms with van der Waals surface area (Å²) in [5.74, 6) is -0.191. The van der Waals surface area contributed by atoms with E-state index in [0.29, 0.717) is 22.6 Å². The van der Waals surface area contributed by atoms with Gasteiger partial charge in [0.25, 0.3) is 5.91 Å². The molecule has 0 aliphatic heterocycles. The number of carbonyl (C=O) groups excluding carboxylic acids is 2. The molecular weight excluding hydrogens is 534 g/mol.